The molecule has 26 heavy (non-hydrogen) atoms. The van der Waals surface area contributed by atoms with Crippen molar-refractivity contribution < 1.29 is 14.3 Å². The lowest BCUT2D eigenvalue weighted by Gasteiger charge is -2.39. The molecule has 1 spiro atoms. The highest BCUT2D eigenvalue weighted by Gasteiger charge is 2.43. The van der Waals surface area contributed by atoms with E-state index in [1.54, 1.807) is 0 Å². The van der Waals surface area contributed by atoms with Crippen LogP contribution in [0, 0.1) is 5.92 Å². The van der Waals surface area contributed by atoms with Crippen LogP contribution in [-0.4, -0.2) is 61.9 Å². The Morgan fingerprint density at radius 3 is 2.77 bits per heavy atom. The SMILES string of the molecule is O=C(N[C@H]1CCO[C@@]2(CCN(CC3CCOCC3)C2)C1)c1ccccc1. The van der Waals surface area contributed by atoms with Crippen LogP contribution < -0.4 is 5.32 Å². The Kier molecular flexibility index (Phi) is 5.57. The molecule has 3 aliphatic heterocycles. The highest BCUT2D eigenvalue weighted by molar-refractivity contribution is 5.94. The third kappa shape index (κ3) is 4.27. The van der Waals surface area contributed by atoms with Crippen LogP contribution in [-0.2, 0) is 9.47 Å². The molecule has 1 N–H and O–H groups in total. The molecule has 2 atom stereocenters. The van der Waals surface area contributed by atoms with Gasteiger partial charge < -0.3 is 19.7 Å². The lowest BCUT2D eigenvalue weighted by molar-refractivity contribution is -0.0799. The number of rotatable bonds is 4. The Morgan fingerprint density at radius 1 is 1.15 bits per heavy atom. The van der Waals surface area contributed by atoms with Crippen molar-refractivity contribution in [3.05, 3.63) is 35.9 Å². The van der Waals surface area contributed by atoms with Crippen molar-refractivity contribution >= 4 is 5.91 Å². The monoisotopic (exact) mass is 358 g/mol. The first-order valence-corrected chi connectivity index (χ1v) is 10.0. The summed E-state index contributed by atoms with van der Waals surface area (Å²) in [6.45, 7) is 5.83. The van der Waals surface area contributed by atoms with Gasteiger partial charge in [0.1, 0.15) is 0 Å². The van der Waals surface area contributed by atoms with Gasteiger partial charge in [-0.05, 0) is 50.2 Å². The summed E-state index contributed by atoms with van der Waals surface area (Å²) in [5.74, 6) is 0.792. The lowest BCUT2D eigenvalue weighted by Crippen LogP contribution is -2.50. The Morgan fingerprint density at radius 2 is 1.96 bits per heavy atom. The van der Waals surface area contributed by atoms with Crippen molar-refractivity contribution in [2.75, 3.05) is 39.5 Å². The molecule has 0 saturated carbocycles. The molecule has 3 heterocycles. The molecule has 1 amide bonds. The van der Waals surface area contributed by atoms with Gasteiger partial charge in [-0.25, -0.2) is 0 Å². The van der Waals surface area contributed by atoms with E-state index in [-0.39, 0.29) is 17.6 Å². The molecule has 0 radical (unpaired) electrons. The van der Waals surface area contributed by atoms with Gasteiger partial charge >= 0.3 is 0 Å². The minimum absolute atomic E-state index is 0.0321. The van der Waals surface area contributed by atoms with Gasteiger partial charge in [0, 0.05) is 51.1 Å². The van der Waals surface area contributed by atoms with Gasteiger partial charge in [0.05, 0.1) is 5.60 Å². The number of hydrogen-bond acceptors (Lipinski definition) is 4. The minimum Gasteiger partial charge on any atom is -0.381 e. The summed E-state index contributed by atoms with van der Waals surface area (Å²) < 4.78 is 11.7. The number of likely N-dealkylation sites (tertiary alicyclic amines) is 1. The second kappa shape index (κ2) is 8.07. The van der Waals surface area contributed by atoms with Crippen LogP contribution in [0.4, 0.5) is 0 Å². The van der Waals surface area contributed by atoms with Crippen molar-refractivity contribution in [1.82, 2.24) is 10.2 Å². The van der Waals surface area contributed by atoms with Gasteiger partial charge in [-0.3, -0.25) is 4.79 Å². The largest absolute Gasteiger partial charge is 0.381 e. The van der Waals surface area contributed by atoms with Crippen LogP contribution in [0.1, 0.15) is 42.5 Å². The van der Waals surface area contributed by atoms with Gasteiger partial charge in [0.25, 0.3) is 5.91 Å². The van der Waals surface area contributed by atoms with Crippen LogP contribution >= 0.6 is 0 Å². The average molecular weight is 358 g/mol. The van der Waals surface area contributed by atoms with E-state index in [9.17, 15) is 4.79 Å². The summed E-state index contributed by atoms with van der Waals surface area (Å²) in [6.07, 6.45) is 5.27. The predicted molar refractivity (Wildman–Crippen MR) is 100 cm³/mol. The summed E-state index contributed by atoms with van der Waals surface area (Å²) in [6, 6.07) is 9.70. The highest BCUT2D eigenvalue weighted by Crippen LogP contribution is 2.35. The van der Waals surface area contributed by atoms with Gasteiger partial charge in [0.2, 0.25) is 0 Å². The molecule has 0 bridgehead atoms. The topological polar surface area (TPSA) is 50.8 Å². The molecule has 3 aliphatic rings. The van der Waals surface area contributed by atoms with Crippen molar-refractivity contribution in [3.63, 3.8) is 0 Å². The van der Waals surface area contributed by atoms with Crippen molar-refractivity contribution in [2.45, 2.75) is 43.7 Å². The van der Waals surface area contributed by atoms with E-state index in [1.807, 2.05) is 30.3 Å². The van der Waals surface area contributed by atoms with Crippen LogP contribution in [0.2, 0.25) is 0 Å². The smallest absolute Gasteiger partial charge is 0.251 e. The van der Waals surface area contributed by atoms with E-state index in [1.165, 1.54) is 12.8 Å². The first kappa shape index (κ1) is 18.0. The van der Waals surface area contributed by atoms with E-state index in [0.29, 0.717) is 0 Å². The molecule has 1 aromatic rings. The summed E-state index contributed by atoms with van der Waals surface area (Å²) in [5.41, 5.74) is 0.665. The Balaban J connectivity index is 1.31. The fraction of sp³-hybridized carbons (Fsp3) is 0.667. The number of benzene rings is 1. The highest BCUT2D eigenvalue weighted by atomic mass is 16.5. The number of amides is 1. The van der Waals surface area contributed by atoms with Crippen LogP contribution in [0.15, 0.2) is 30.3 Å². The predicted octanol–water partition coefficient (Wildman–Crippen LogP) is 2.47. The van der Waals surface area contributed by atoms with Crippen molar-refractivity contribution in [1.29, 1.82) is 0 Å². The third-order valence-electron chi connectivity index (χ3n) is 6.12. The summed E-state index contributed by atoms with van der Waals surface area (Å²) in [5, 5.41) is 3.23. The second-order valence-electron chi connectivity index (χ2n) is 8.10. The molecule has 5 nitrogen and oxygen atoms in total. The summed E-state index contributed by atoms with van der Waals surface area (Å²) >= 11 is 0. The molecule has 3 saturated heterocycles. The number of hydrogen-bond donors (Lipinski definition) is 1. The number of nitrogens with one attached hydrogen (secondary N) is 1. The molecule has 0 unspecified atom stereocenters. The Hall–Kier alpha value is -1.43. The van der Waals surface area contributed by atoms with Gasteiger partial charge in [-0.1, -0.05) is 18.2 Å². The van der Waals surface area contributed by atoms with Gasteiger partial charge in [-0.15, -0.1) is 0 Å². The van der Waals surface area contributed by atoms with E-state index in [2.05, 4.69) is 10.2 Å². The maximum absolute atomic E-state index is 12.5. The van der Waals surface area contributed by atoms with Crippen molar-refractivity contribution in [3.8, 4) is 0 Å². The number of carbonyl (C=O) groups is 1. The molecule has 4 rings (SSSR count). The molecule has 1 aromatic carbocycles. The van der Waals surface area contributed by atoms with Crippen LogP contribution in [0.25, 0.3) is 0 Å². The zero-order valence-electron chi connectivity index (χ0n) is 15.5. The van der Waals surface area contributed by atoms with Gasteiger partial charge in [0.15, 0.2) is 0 Å². The molecule has 0 aliphatic carbocycles. The fourth-order valence-electron chi connectivity index (χ4n) is 4.67. The zero-order chi connectivity index (χ0) is 17.8. The minimum atomic E-state index is -0.0714. The first-order chi connectivity index (χ1) is 12.7. The average Bonchev–Trinajstić information content (AvgIpc) is 3.05. The quantitative estimate of drug-likeness (QED) is 0.898. The normalized spacial score (nSPS) is 30.5. The van der Waals surface area contributed by atoms with E-state index in [4.69, 9.17) is 9.47 Å². The second-order valence-corrected chi connectivity index (χ2v) is 8.10. The standard InChI is InChI=1S/C21H30N2O3/c24-20(18-4-2-1-3-5-18)22-19-8-13-26-21(14-19)9-10-23(16-21)15-17-6-11-25-12-7-17/h1-5,17,19H,6-16H2,(H,22,24)/t19-,21-/m0/s1. The molecule has 3 fully saturated rings. The third-order valence-corrected chi connectivity index (χ3v) is 6.12. The van der Waals surface area contributed by atoms with Gasteiger partial charge in [-0.2, -0.15) is 0 Å². The Labute approximate surface area is 156 Å². The fourth-order valence-corrected chi connectivity index (χ4v) is 4.67. The summed E-state index contributed by atoms with van der Waals surface area (Å²) in [4.78, 5) is 15.0. The number of ether oxygens (including phenoxy) is 2. The van der Waals surface area contributed by atoms with E-state index in [0.717, 1.165) is 70.2 Å². The summed E-state index contributed by atoms with van der Waals surface area (Å²) in [7, 11) is 0. The molecular weight excluding hydrogens is 328 g/mol. The maximum Gasteiger partial charge on any atom is 0.251 e. The molecular formula is C21H30N2O3. The van der Waals surface area contributed by atoms with Crippen LogP contribution in [0.3, 0.4) is 0 Å². The van der Waals surface area contributed by atoms with Crippen LogP contribution in [0.5, 0.6) is 0 Å². The van der Waals surface area contributed by atoms with E-state index < -0.39 is 0 Å². The first-order valence-electron chi connectivity index (χ1n) is 10.0. The number of nitrogens with zero attached hydrogens (tertiary/aromatic N) is 1. The molecule has 0 aromatic heterocycles. The molecule has 142 valence electrons. The molecule has 5 heteroatoms. The lowest BCUT2D eigenvalue weighted by atomic mass is 9.89. The number of carbonyl (C=O) groups excluding carboxylic acids is 1. The zero-order valence-corrected chi connectivity index (χ0v) is 15.5. The maximum atomic E-state index is 12.5. The Bertz CT molecular complexity index is 603. The van der Waals surface area contributed by atoms with Crippen molar-refractivity contribution in [2.24, 2.45) is 5.92 Å². The van der Waals surface area contributed by atoms with E-state index >= 15 is 0 Å².